The van der Waals surface area contributed by atoms with E-state index in [2.05, 4.69) is 5.43 Å². The molecule has 0 unspecified atom stereocenters. The summed E-state index contributed by atoms with van der Waals surface area (Å²) in [7, 11) is -4.67. The van der Waals surface area contributed by atoms with E-state index in [0.29, 0.717) is 20.8 Å². The van der Waals surface area contributed by atoms with E-state index in [1.165, 1.54) is 0 Å². The number of hydrogen-bond acceptors (Lipinski definition) is 4. The summed E-state index contributed by atoms with van der Waals surface area (Å²) >= 11 is 17.1. The van der Waals surface area contributed by atoms with Gasteiger partial charge in [-0.15, -0.1) is 0 Å². The average molecular weight is 310 g/mol. The Hall–Kier alpha value is -0.280. The van der Waals surface area contributed by atoms with Crippen LogP contribution in [0.25, 0.3) is 0 Å². The van der Waals surface area contributed by atoms with Crippen LogP contribution in [-0.4, -0.2) is 17.5 Å². The van der Waals surface area contributed by atoms with Gasteiger partial charge >= 0.3 is 10.4 Å². The molecule has 1 aromatic rings. The van der Waals surface area contributed by atoms with Crippen LogP contribution in [0.4, 0.5) is 5.69 Å². The molecular weight excluding hydrogens is 303 g/mol. The Morgan fingerprint density at radius 3 is 1.94 bits per heavy atom. The fraction of sp³-hybridized carbons (Fsp3) is 0. The molecule has 0 saturated heterocycles. The largest absolute Gasteiger partial charge is 0.394 e. The van der Waals surface area contributed by atoms with Crippen molar-refractivity contribution in [2.24, 2.45) is 5.84 Å². The fourth-order valence-corrected chi connectivity index (χ4v) is 1.23. The van der Waals surface area contributed by atoms with Crippen molar-refractivity contribution in [3.05, 3.63) is 27.2 Å². The van der Waals surface area contributed by atoms with Crippen LogP contribution in [0.3, 0.4) is 0 Å². The highest BCUT2D eigenvalue weighted by Gasteiger charge is 2.06. The minimum Gasteiger partial charge on any atom is -0.323 e. The highest BCUT2D eigenvalue weighted by molar-refractivity contribution is 7.79. The van der Waals surface area contributed by atoms with Gasteiger partial charge in [-0.25, -0.2) is 0 Å². The molecule has 0 radical (unpaired) electrons. The average Bonchev–Trinajstić information content (AvgIpc) is 2.12. The highest BCUT2D eigenvalue weighted by atomic mass is 35.5. The van der Waals surface area contributed by atoms with Gasteiger partial charge in [-0.3, -0.25) is 14.9 Å². The molecule has 0 aliphatic rings. The molecule has 0 aliphatic carbocycles. The third kappa shape index (κ3) is 6.33. The van der Waals surface area contributed by atoms with Crippen molar-refractivity contribution < 1.29 is 17.5 Å². The first-order chi connectivity index (χ1) is 7.16. The Kier molecular flexibility index (Phi) is 6.34. The smallest absolute Gasteiger partial charge is 0.323 e. The van der Waals surface area contributed by atoms with E-state index >= 15 is 0 Å². The second-order valence-electron chi connectivity index (χ2n) is 2.32. The molecule has 1 rings (SSSR count). The molecule has 1 aromatic carbocycles. The van der Waals surface area contributed by atoms with E-state index in [1.54, 1.807) is 12.1 Å². The molecule has 0 fully saturated rings. The maximum absolute atomic E-state index is 8.74. The Morgan fingerprint density at radius 2 is 1.56 bits per heavy atom. The van der Waals surface area contributed by atoms with Crippen LogP contribution >= 0.6 is 34.8 Å². The predicted molar refractivity (Wildman–Crippen MR) is 63.5 cm³/mol. The van der Waals surface area contributed by atoms with Crippen molar-refractivity contribution in [2.75, 3.05) is 5.43 Å². The van der Waals surface area contributed by atoms with Crippen LogP contribution in [0.2, 0.25) is 15.1 Å². The van der Waals surface area contributed by atoms with Crippen LogP contribution in [0.1, 0.15) is 0 Å². The zero-order valence-corrected chi connectivity index (χ0v) is 10.6. The third-order valence-corrected chi connectivity index (χ3v) is 2.48. The zero-order valence-electron chi connectivity index (χ0n) is 7.49. The first kappa shape index (κ1) is 15.7. The molecule has 0 heterocycles. The number of halogens is 3. The van der Waals surface area contributed by atoms with Crippen LogP contribution in [0.15, 0.2) is 12.1 Å². The van der Waals surface area contributed by atoms with Crippen LogP contribution < -0.4 is 11.3 Å². The van der Waals surface area contributed by atoms with E-state index in [9.17, 15) is 0 Å². The van der Waals surface area contributed by atoms with Gasteiger partial charge in [0.15, 0.2) is 0 Å². The van der Waals surface area contributed by atoms with Gasteiger partial charge in [-0.1, -0.05) is 34.8 Å². The van der Waals surface area contributed by atoms with E-state index in [-0.39, 0.29) is 0 Å². The summed E-state index contributed by atoms with van der Waals surface area (Å²) in [6.45, 7) is 0. The first-order valence-electron chi connectivity index (χ1n) is 3.46. The van der Waals surface area contributed by atoms with Gasteiger partial charge in [0, 0.05) is 0 Å². The SMILES string of the molecule is NNc1ccc(Cl)c(Cl)c1Cl.O=S(=O)(O)O. The summed E-state index contributed by atoms with van der Waals surface area (Å²) in [5.41, 5.74) is 2.94. The van der Waals surface area contributed by atoms with Gasteiger partial charge in [-0.05, 0) is 12.1 Å². The molecule has 5 N–H and O–H groups in total. The van der Waals surface area contributed by atoms with Gasteiger partial charge in [-0.2, -0.15) is 8.42 Å². The van der Waals surface area contributed by atoms with Crippen molar-refractivity contribution in [3.8, 4) is 0 Å². The fourth-order valence-electron chi connectivity index (χ4n) is 0.637. The summed E-state index contributed by atoms with van der Waals surface area (Å²) in [6.07, 6.45) is 0. The number of hydrazine groups is 1. The van der Waals surface area contributed by atoms with Crippen LogP contribution in [-0.2, 0) is 10.4 Å². The maximum Gasteiger partial charge on any atom is 0.394 e. The van der Waals surface area contributed by atoms with Crippen molar-refractivity contribution in [1.29, 1.82) is 0 Å². The summed E-state index contributed by atoms with van der Waals surface area (Å²) in [5, 5.41) is 1.06. The molecule has 0 bridgehead atoms. The number of benzene rings is 1. The standard InChI is InChI=1S/C6H5Cl3N2.H2O4S/c7-3-1-2-4(11-10)6(9)5(3)8;1-5(2,3)4/h1-2,11H,10H2;(H2,1,2,3,4). The number of nitrogen functional groups attached to an aromatic ring is 1. The minimum absolute atomic E-state index is 0.309. The second-order valence-corrected chi connectivity index (χ2v) is 4.37. The lowest BCUT2D eigenvalue weighted by molar-refractivity contribution is 0.381. The minimum atomic E-state index is -4.67. The van der Waals surface area contributed by atoms with Gasteiger partial charge in [0.25, 0.3) is 0 Å². The molecule has 0 saturated carbocycles. The lowest BCUT2D eigenvalue weighted by Gasteiger charge is -2.04. The van der Waals surface area contributed by atoms with Crippen LogP contribution in [0.5, 0.6) is 0 Å². The van der Waals surface area contributed by atoms with Gasteiger partial charge in [0.05, 0.1) is 20.8 Å². The van der Waals surface area contributed by atoms with Crippen molar-refractivity contribution in [2.45, 2.75) is 0 Å². The molecule has 0 amide bonds. The second kappa shape index (κ2) is 6.45. The van der Waals surface area contributed by atoms with Crippen molar-refractivity contribution in [3.63, 3.8) is 0 Å². The molecule has 0 aromatic heterocycles. The van der Waals surface area contributed by atoms with Gasteiger partial charge in [0.1, 0.15) is 0 Å². The van der Waals surface area contributed by atoms with Crippen LogP contribution in [0, 0.1) is 0 Å². The lowest BCUT2D eigenvalue weighted by Crippen LogP contribution is -2.07. The summed E-state index contributed by atoms with van der Waals surface area (Å²) < 4.78 is 31.6. The zero-order chi connectivity index (χ0) is 12.9. The van der Waals surface area contributed by atoms with Crippen molar-refractivity contribution in [1.82, 2.24) is 0 Å². The number of nitrogens with one attached hydrogen (secondary N) is 1. The topological polar surface area (TPSA) is 113 Å². The Bertz CT molecular complexity index is 457. The number of nitrogens with two attached hydrogens (primary N) is 1. The monoisotopic (exact) mass is 308 g/mol. The number of rotatable bonds is 1. The van der Waals surface area contributed by atoms with E-state index in [4.69, 9.17) is 58.2 Å². The van der Waals surface area contributed by atoms with Crippen molar-refractivity contribution >= 4 is 50.9 Å². The summed E-state index contributed by atoms with van der Waals surface area (Å²) in [5.74, 6) is 5.13. The quantitative estimate of drug-likeness (QED) is 0.274. The molecule has 92 valence electrons. The molecule has 16 heavy (non-hydrogen) atoms. The van der Waals surface area contributed by atoms with Gasteiger partial charge < -0.3 is 5.43 Å². The first-order valence-corrected chi connectivity index (χ1v) is 6.00. The number of hydrogen-bond donors (Lipinski definition) is 4. The highest BCUT2D eigenvalue weighted by Crippen LogP contribution is 2.34. The Labute approximate surface area is 107 Å². The normalized spacial score (nSPS) is 10.4. The predicted octanol–water partition coefficient (Wildman–Crippen LogP) is 2.28. The molecule has 0 aliphatic heterocycles. The molecule has 0 spiro atoms. The molecular formula is C6H7Cl3N2O4S. The van der Waals surface area contributed by atoms with E-state index in [0.717, 1.165) is 0 Å². The molecule has 10 heteroatoms. The summed E-state index contributed by atoms with van der Waals surface area (Å²) in [4.78, 5) is 0. The molecule has 6 nitrogen and oxygen atoms in total. The van der Waals surface area contributed by atoms with E-state index < -0.39 is 10.4 Å². The Morgan fingerprint density at radius 1 is 1.12 bits per heavy atom. The lowest BCUT2D eigenvalue weighted by atomic mass is 10.3. The van der Waals surface area contributed by atoms with E-state index in [1.807, 2.05) is 0 Å². The number of anilines is 1. The maximum atomic E-state index is 8.74. The van der Waals surface area contributed by atoms with Gasteiger partial charge in [0.2, 0.25) is 0 Å². The Balaban J connectivity index is 0.000000385. The molecule has 0 atom stereocenters. The third-order valence-electron chi connectivity index (χ3n) is 1.19. The summed E-state index contributed by atoms with van der Waals surface area (Å²) in [6, 6.07) is 3.27.